The summed E-state index contributed by atoms with van der Waals surface area (Å²) in [5, 5.41) is 0. The van der Waals surface area contributed by atoms with Crippen LogP contribution in [0.15, 0.2) is 0 Å². The van der Waals surface area contributed by atoms with Crippen molar-refractivity contribution < 1.29 is 4.79 Å². The summed E-state index contributed by atoms with van der Waals surface area (Å²) < 4.78 is 0. The summed E-state index contributed by atoms with van der Waals surface area (Å²) in [6, 6.07) is 0. The molecular formula is C23H45O. The topological polar surface area (TPSA) is 17.1 Å². The summed E-state index contributed by atoms with van der Waals surface area (Å²) in [5.74, 6) is 0. The summed E-state index contributed by atoms with van der Waals surface area (Å²) in [4.78, 5) is 10.1. The van der Waals surface area contributed by atoms with E-state index in [2.05, 4.69) is 20.8 Å². The van der Waals surface area contributed by atoms with Gasteiger partial charge in [-0.2, -0.15) is 0 Å². The summed E-state index contributed by atoms with van der Waals surface area (Å²) in [7, 11) is 0. The highest BCUT2D eigenvalue weighted by atomic mass is 16.1. The predicted octanol–water partition coefficient (Wildman–Crippen LogP) is 8.16. The minimum Gasteiger partial charge on any atom is -0.291 e. The summed E-state index contributed by atoms with van der Waals surface area (Å²) >= 11 is 0. The van der Waals surface area contributed by atoms with Crippen molar-refractivity contribution in [2.45, 2.75) is 136 Å². The van der Waals surface area contributed by atoms with Gasteiger partial charge in [-0.05, 0) is 18.3 Å². The van der Waals surface area contributed by atoms with Crippen molar-refractivity contribution in [2.24, 2.45) is 5.41 Å². The molecule has 0 N–H and O–H groups in total. The second-order valence-electron chi connectivity index (χ2n) is 8.86. The zero-order valence-corrected chi connectivity index (χ0v) is 17.1. The third kappa shape index (κ3) is 21.7. The maximum Gasteiger partial charge on any atom is 0.198 e. The Morgan fingerprint density at radius 3 is 1.08 bits per heavy atom. The van der Waals surface area contributed by atoms with Crippen molar-refractivity contribution in [2.75, 3.05) is 0 Å². The molecular weight excluding hydrogens is 292 g/mol. The summed E-state index contributed by atoms with van der Waals surface area (Å²) in [6.45, 7) is 7.05. The fourth-order valence-corrected chi connectivity index (χ4v) is 3.33. The van der Waals surface area contributed by atoms with Crippen LogP contribution in [-0.4, -0.2) is 6.29 Å². The number of rotatable bonds is 18. The average Bonchev–Trinajstić information content (AvgIpc) is 2.52. The van der Waals surface area contributed by atoms with Crippen molar-refractivity contribution in [3.05, 3.63) is 0 Å². The van der Waals surface area contributed by atoms with Gasteiger partial charge in [-0.15, -0.1) is 0 Å². The molecule has 0 saturated heterocycles. The minimum absolute atomic E-state index is 0.523. The third-order valence-corrected chi connectivity index (χ3v) is 4.96. The zero-order chi connectivity index (χ0) is 17.9. The highest BCUT2D eigenvalue weighted by molar-refractivity contribution is 5.50. The summed E-state index contributed by atoms with van der Waals surface area (Å²) in [5.41, 5.74) is 0.523. The van der Waals surface area contributed by atoms with E-state index in [0.717, 1.165) is 6.42 Å². The molecule has 0 fully saturated rings. The molecule has 0 atom stereocenters. The largest absolute Gasteiger partial charge is 0.291 e. The highest BCUT2D eigenvalue weighted by Gasteiger charge is 2.08. The molecule has 1 heteroatoms. The lowest BCUT2D eigenvalue weighted by Gasteiger charge is -2.17. The Hall–Kier alpha value is -0.330. The Morgan fingerprint density at radius 2 is 0.792 bits per heavy atom. The highest BCUT2D eigenvalue weighted by Crippen LogP contribution is 2.22. The smallest absolute Gasteiger partial charge is 0.198 e. The van der Waals surface area contributed by atoms with E-state index < -0.39 is 0 Å². The standard InChI is InChI=1S/C23H45O/c1-23(2,3)21-19-17-15-13-11-9-7-5-4-6-8-10-12-14-16-18-20-22-24/h4-21H2,1-3H3. The first-order valence-electron chi connectivity index (χ1n) is 10.9. The molecule has 0 aromatic rings. The molecule has 24 heavy (non-hydrogen) atoms. The molecule has 1 radical (unpaired) electrons. The van der Waals surface area contributed by atoms with E-state index in [0.29, 0.717) is 11.8 Å². The Bertz CT molecular complexity index is 251. The van der Waals surface area contributed by atoms with Crippen molar-refractivity contribution in [1.29, 1.82) is 0 Å². The normalized spacial score (nSPS) is 11.8. The van der Waals surface area contributed by atoms with E-state index in [1.807, 2.05) is 6.29 Å². The second kappa shape index (κ2) is 17.5. The fraction of sp³-hybridized carbons (Fsp3) is 0.957. The van der Waals surface area contributed by atoms with Crippen molar-refractivity contribution >= 4 is 6.29 Å². The van der Waals surface area contributed by atoms with Crippen LogP contribution in [0, 0.1) is 5.41 Å². The van der Waals surface area contributed by atoms with Gasteiger partial charge in [0.2, 0.25) is 0 Å². The van der Waals surface area contributed by atoms with Crippen LogP contribution in [0.25, 0.3) is 0 Å². The lowest BCUT2D eigenvalue weighted by atomic mass is 9.89. The van der Waals surface area contributed by atoms with Gasteiger partial charge in [0, 0.05) is 6.42 Å². The Kier molecular flexibility index (Phi) is 17.3. The molecule has 0 aromatic carbocycles. The maximum atomic E-state index is 10.1. The first-order valence-corrected chi connectivity index (χ1v) is 10.9. The molecule has 0 amide bonds. The number of hydrogen-bond acceptors (Lipinski definition) is 1. The first kappa shape index (κ1) is 23.7. The molecule has 0 spiro atoms. The van der Waals surface area contributed by atoms with Crippen LogP contribution >= 0.6 is 0 Å². The van der Waals surface area contributed by atoms with Gasteiger partial charge in [-0.3, -0.25) is 4.79 Å². The SMILES string of the molecule is CC(C)(C)CCCCCCCCCCCCCCCCCC[C]=O. The molecule has 0 aliphatic rings. The Labute approximate surface area is 153 Å². The van der Waals surface area contributed by atoms with E-state index in [-0.39, 0.29) is 0 Å². The van der Waals surface area contributed by atoms with E-state index in [1.54, 1.807) is 0 Å². The zero-order valence-electron chi connectivity index (χ0n) is 17.1. The van der Waals surface area contributed by atoms with Crippen LogP contribution in [0.2, 0.25) is 0 Å². The molecule has 0 saturated carbocycles. The molecule has 0 aliphatic heterocycles. The summed E-state index contributed by atoms with van der Waals surface area (Å²) in [6.07, 6.45) is 26.1. The monoisotopic (exact) mass is 337 g/mol. The predicted molar refractivity (Wildman–Crippen MR) is 108 cm³/mol. The molecule has 1 nitrogen and oxygen atoms in total. The molecule has 0 bridgehead atoms. The number of carbonyl (C=O) groups excluding carboxylic acids is 1. The van der Waals surface area contributed by atoms with Gasteiger partial charge in [0.05, 0.1) is 0 Å². The lowest BCUT2D eigenvalue weighted by Crippen LogP contribution is -2.03. The van der Waals surface area contributed by atoms with Crippen molar-refractivity contribution in [3.8, 4) is 0 Å². The third-order valence-electron chi connectivity index (χ3n) is 4.96. The van der Waals surface area contributed by atoms with Crippen LogP contribution in [0.4, 0.5) is 0 Å². The van der Waals surface area contributed by atoms with Gasteiger partial charge in [0.25, 0.3) is 0 Å². The van der Waals surface area contributed by atoms with Gasteiger partial charge >= 0.3 is 0 Å². The van der Waals surface area contributed by atoms with Crippen molar-refractivity contribution in [3.63, 3.8) is 0 Å². The van der Waals surface area contributed by atoms with Crippen LogP contribution in [-0.2, 0) is 4.79 Å². The maximum absolute atomic E-state index is 10.1. The molecule has 0 aromatic heterocycles. The van der Waals surface area contributed by atoms with Crippen LogP contribution in [0.1, 0.15) is 136 Å². The Balaban J connectivity index is 3.01. The van der Waals surface area contributed by atoms with Crippen LogP contribution < -0.4 is 0 Å². The number of unbranched alkanes of at least 4 members (excludes halogenated alkanes) is 16. The molecule has 0 rings (SSSR count). The van der Waals surface area contributed by atoms with Crippen LogP contribution in [0.5, 0.6) is 0 Å². The molecule has 0 heterocycles. The van der Waals surface area contributed by atoms with E-state index in [1.165, 1.54) is 103 Å². The quantitative estimate of drug-likeness (QED) is 0.230. The van der Waals surface area contributed by atoms with E-state index in [9.17, 15) is 4.79 Å². The lowest BCUT2D eigenvalue weighted by molar-refractivity contribution is 0.356. The minimum atomic E-state index is 0.523. The van der Waals surface area contributed by atoms with Gasteiger partial charge in [0.1, 0.15) is 0 Å². The van der Waals surface area contributed by atoms with Gasteiger partial charge in [-0.25, -0.2) is 0 Å². The Morgan fingerprint density at radius 1 is 0.500 bits per heavy atom. The molecule has 143 valence electrons. The fourth-order valence-electron chi connectivity index (χ4n) is 3.33. The molecule has 0 aliphatic carbocycles. The van der Waals surface area contributed by atoms with Gasteiger partial charge < -0.3 is 0 Å². The van der Waals surface area contributed by atoms with E-state index in [4.69, 9.17) is 0 Å². The first-order chi connectivity index (χ1) is 11.6. The average molecular weight is 338 g/mol. The van der Waals surface area contributed by atoms with Gasteiger partial charge in [-0.1, -0.05) is 117 Å². The van der Waals surface area contributed by atoms with Gasteiger partial charge in [0.15, 0.2) is 6.29 Å². The van der Waals surface area contributed by atoms with Crippen molar-refractivity contribution in [1.82, 2.24) is 0 Å². The van der Waals surface area contributed by atoms with E-state index >= 15 is 0 Å². The van der Waals surface area contributed by atoms with Crippen LogP contribution in [0.3, 0.4) is 0 Å². The number of hydrogen-bond donors (Lipinski definition) is 0. The second-order valence-corrected chi connectivity index (χ2v) is 8.86. The molecule has 0 unspecified atom stereocenters.